The molecule has 0 N–H and O–H groups in total. The number of thiophene rings is 1. The maximum absolute atomic E-state index is 4.18. The van der Waals surface area contributed by atoms with E-state index < -0.39 is 0 Å². The maximum atomic E-state index is 4.18. The Morgan fingerprint density at radius 1 is 0.561 bits per heavy atom. The number of aryl methyl sites for hydroxylation is 1. The van der Waals surface area contributed by atoms with Gasteiger partial charge in [0.15, 0.2) is 0 Å². The molecule has 0 amide bonds. The Bertz CT molecular complexity index is 2300. The van der Waals surface area contributed by atoms with Gasteiger partial charge in [-0.2, -0.15) is 0 Å². The van der Waals surface area contributed by atoms with E-state index in [0.29, 0.717) is 0 Å². The first-order chi connectivity index (χ1) is 20.2. The summed E-state index contributed by atoms with van der Waals surface area (Å²) in [6.45, 7) is 6.39. The summed E-state index contributed by atoms with van der Waals surface area (Å²) >= 11 is 1.87. The highest BCUT2D eigenvalue weighted by atomic mass is 32.1. The number of fused-ring (bicyclic) bond motifs is 7. The van der Waals surface area contributed by atoms with Gasteiger partial charge in [-0.05, 0) is 75.3 Å². The van der Waals surface area contributed by atoms with Crippen LogP contribution in [0.25, 0.3) is 58.6 Å². The van der Waals surface area contributed by atoms with Crippen LogP contribution in [0, 0.1) is 6.92 Å². The van der Waals surface area contributed by atoms with Crippen LogP contribution in [-0.2, 0) is 0 Å². The lowest BCUT2D eigenvalue weighted by Crippen LogP contribution is -2.10. The normalized spacial score (nSPS) is 11.6. The lowest BCUT2D eigenvalue weighted by Gasteiger charge is -2.28. The lowest BCUT2D eigenvalue weighted by molar-refractivity contribution is 1.32. The highest BCUT2D eigenvalue weighted by molar-refractivity contribution is 7.26. The number of rotatable bonds is 4. The molecule has 1 heterocycles. The molecule has 194 valence electrons. The first-order valence-electron chi connectivity index (χ1n) is 14.0. The van der Waals surface area contributed by atoms with Gasteiger partial charge >= 0.3 is 0 Å². The molecule has 0 aliphatic carbocycles. The molecule has 0 saturated carbocycles. The van der Waals surface area contributed by atoms with E-state index in [-0.39, 0.29) is 0 Å². The Kier molecular flexibility index (Phi) is 5.44. The van der Waals surface area contributed by atoms with E-state index in [9.17, 15) is 0 Å². The average Bonchev–Trinajstić information content (AvgIpc) is 3.41. The Hall–Kier alpha value is -4.92. The molecule has 1 aromatic heterocycles. The van der Waals surface area contributed by atoms with Gasteiger partial charge in [0, 0.05) is 26.5 Å². The standard InChI is InChI=1S/C39H27NS/c1-3-28-25(2)29-14-6-7-16-31(29)35-24-27(22-23-32(28)35)40(36-19-10-13-26-12-4-5-15-30(26)36)37-20-11-18-34-33-17-8-9-21-38(33)41-39(34)37/h3-24H,1H2,2H3. The first-order valence-corrected chi connectivity index (χ1v) is 14.8. The fraction of sp³-hybridized carbons (Fsp3) is 0.0256. The maximum Gasteiger partial charge on any atom is 0.0640 e. The highest BCUT2D eigenvalue weighted by Gasteiger charge is 2.21. The van der Waals surface area contributed by atoms with Crippen molar-refractivity contribution in [2.45, 2.75) is 6.92 Å². The van der Waals surface area contributed by atoms with E-state index >= 15 is 0 Å². The van der Waals surface area contributed by atoms with Crippen LogP contribution in [0.1, 0.15) is 11.1 Å². The van der Waals surface area contributed by atoms with Gasteiger partial charge in [0.2, 0.25) is 0 Å². The molecule has 0 bridgehead atoms. The van der Waals surface area contributed by atoms with Gasteiger partial charge in [0.1, 0.15) is 0 Å². The first kappa shape index (κ1) is 23.9. The molecule has 0 radical (unpaired) electrons. The fourth-order valence-corrected chi connectivity index (χ4v) is 7.71. The largest absolute Gasteiger partial charge is 0.308 e. The number of benzene rings is 7. The van der Waals surface area contributed by atoms with Gasteiger partial charge in [0.05, 0.1) is 16.1 Å². The van der Waals surface area contributed by atoms with Gasteiger partial charge in [0.25, 0.3) is 0 Å². The summed E-state index contributed by atoms with van der Waals surface area (Å²) in [5, 5.41) is 10.1. The number of nitrogens with zero attached hydrogens (tertiary/aromatic N) is 1. The van der Waals surface area contributed by atoms with Gasteiger partial charge in [-0.3, -0.25) is 0 Å². The zero-order valence-corrected chi connectivity index (χ0v) is 23.6. The zero-order valence-electron chi connectivity index (χ0n) is 22.8. The van der Waals surface area contributed by atoms with Crippen LogP contribution < -0.4 is 4.90 Å². The summed E-state index contributed by atoms with van der Waals surface area (Å²) in [5.74, 6) is 0. The summed E-state index contributed by atoms with van der Waals surface area (Å²) in [7, 11) is 0. The van der Waals surface area contributed by atoms with Crippen LogP contribution in [0.2, 0.25) is 0 Å². The third-order valence-electron chi connectivity index (χ3n) is 8.41. The summed E-state index contributed by atoms with van der Waals surface area (Å²) in [5.41, 5.74) is 5.99. The average molecular weight is 542 g/mol. The molecule has 0 unspecified atom stereocenters. The molecular weight excluding hydrogens is 515 g/mol. The minimum absolute atomic E-state index is 1.14. The monoisotopic (exact) mass is 541 g/mol. The van der Waals surface area contributed by atoms with Crippen molar-refractivity contribution in [1.82, 2.24) is 0 Å². The molecule has 8 aromatic rings. The third kappa shape index (κ3) is 3.61. The van der Waals surface area contributed by atoms with Crippen molar-refractivity contribution in [3.63, 3.8) is 0 Å². The van der Waals surface area contributed by atoms with Crippen molar-refractivity contribution >= 4 is 87.0 Å². The number of hydrogen-bond acceptors (Lipinski definition) is 2. The van der Waals surface area contributed by atoms with Gasteiger partial charge in [-0.25, -0.2) is 0 Å². The molecule has 0 atom stereocenters. The summed E-state index contributed by atoms with van der Waals surface area (Å²) in [6, 6.07) is 46.4. The van der Waals surface area contributed by atoms with Crippen molar-refractivity contribution in [3.8, 4) is 0 Å². The second-order valence-corrected chi connectivity index (χ2v) is 11.7. The van der Waals surface area contributed by atoms with Crippen molar-refractivity contribution in [3.05, 3.63) is 145 Å². The molecule has 7 aromatic carbocycles. The highest BCUT2D eigenvalue weighted by Crippen LogP contribution is 2.47. The number of anilines is 3. The SMILES string of the molecule is C=Cc1c(C)c2ccccc2c2cc(N(c3cccc4ccccc34)c3cccc4c3sc3ccccc34)ccc12. The molecular formula is C39H27NS. The lowest BCUT2D eigenvalue weighted by atomic mass is 9.92. The van der Waals surface area contributed by atoms with Gasteiger partial charge < -0.3 is 4.90 Å². The molecule has 0 aliphatic heterocycles. The Morgan fingerprint density at radius 3 is 2.07 bits per heavy atom. The van der Waals surface area contributed by atoms with Crippen LogP contribution in [0.15, 0.2) is 134 Å². The quantitative estimate of drug-likeness (QED) is 0.200. The van der Waals surface area contributed by atoms with Crippen molar-refractivity contribution < 1.29 is 0 Å². The Balaban J connectivity index is 1.49. The molecule has 0 spiro atoms. The van der Waals surface area contributed by atoms with Gasteiger partial charge in [-0.1, -0.05) is 110 Å². The molecule has 41 heavy (non-hydrogen) atoms. The Morgan fingerprint density at radius 2 is 1.22 bits per heavy atom. The molecule has 0 fully saturated rings. The van der Waals surface area contributed by atoms with Crippen molar-refractivity contribution in [1.29, 1.82) is 0 Å². The van der Waals surface area contributed by atoms with Crippen molar-refractivity contribution in [2.75, 3.05) is 4.90 Å². The molecule has 0 saturated heterocycles. The summed E-state index contributed by atoms with van der Waals surface area (Å²) in [4.78, 5) is 2.46. The minimum Gasteiger partial charge on any atom is -0.308 e. The zero-order chi connectivity index (χ0) is 27.5. The molecule has 1 nitrogen and oxygen atoms in total. The van der Waals surface area contributed by atoms with Crippen LogP contribution in [-0.4, -0.2) is 0 Å². The second-order valence-electron chi connectivity index (χ2n) is 10.6. The predicted octanol–water partition coefficient (Wildman–Crippen LogP) is 11.9. The van der Waals surface area contributed by atoms with Crippen LogP contribution in [0.3, 0.4) is 0 Å². The minimum atomic E-state index is 1.14. The van der Waals surface area contributed by atoms with E-state index in [4.69, 9.17) is 0 Å². The predicted molar refractivity (Wildman–Crippen MR) is 181 cm³/mol. The number of hydrogen-bond donors (Lipinski definition) is 0. The van der Waals surface area contributed by atoms with E-state index in [1.807, 2.05) is 17.4 Å². The van der Waals surface area contributed by atoms with Gasteiger partial charge in [-0.15, -0.1) is 11.3 Å². The third-order valence-corrected chi connectivity index (χ3v) is 9.62. The molecule has 2 heteroatoms. The van der Waals surface area contributed by atoms with E-state index in [0.717, 1.165) is 5.69 Å². The van der Waals surface area contributed by atoms with E-state index in [1.54, 1.807) is 0 Å². The van der Waals surface area contributed by atoms with E-state index in [2.05, 4.69) is 146 Å². The molecule has 8 rings (SSSR count). The smallest absolute Gasteiger partial charge is 0.0640 e. The molecule has 0 aliphatic rings. The van der Waals surface area contributed by atoms with Crippen LogP contribution in [0.5, 0.6) is 0 Å². The summed E-state index contributed by atoms with van der Waals surface area (Å²) < 4.78 is 2.60. The van der Waals surface area contributed by atoms with E-state index in [1.165, 1.54) is 75.0 Å². The summed E-state index contributed by atoms with van der Waals surface area (Å²) in [6.07, 6.45) is 2.00. The van der Waals surface area contributed by atoms with Crippen LogP contribution in [0.4, 0.5) is 17.1 Å². The van der Waals surface area contributed by atoms with Crippen LogP contribution >= 0.6 is 11.3 Å². The Labute approximate surface area is 243 Å². The van der Waals surface area contributed by atoms with Crippen molar-refractivity contribution in [2.24, 2.45) is 0 Å². The topological polar surface area (TPSA) is 3.24 Å². The fourth-order valence-electron chi connectivity index (χ4n) is 6.50. The second kappa shape index (κ2) is 9.33.